The molecule has 0 aromatic rings. The molecular weight excluding hydrogens is 733 g/mol. The van der Waals surface area contributed by atoms with Crippen LogP contribution in [0.15, 0.2) is 48.6 Å². The fourth-order valence-electron chi connectivity index (χ4n) is 7.08. The Hall–Kier alpha value is -2.63. The molecule has 0 aliphatic rings. The third-order valence-electron chi connectivity index (χ3n) is 10.8. The van der Waals surface area contributed by atoms with Crippen molar-refractivity contribution in [1.82, 2.24) is 0 Å². The number of ether oxygens (including phenoxy) is 3. The van der Waals surface area contributed by atoms with Crippen LogP contribution in [0.3, 0.4) is 0 Å². The van der Waals surface area contributed by atoms with E-state index in [2.05, 4.69) is 69.4 Å². The van der Waals surface area contributed by atoms with Gasteiger partial charge in [-0.05, 0) is 57.8 Å². The third kappa shape index (κ3) is 46.3. The molecular formula is C53H94O6. The summed E-state index contributed by atoms with van der Waals surface area (Å²) in [5.41, 5.74) is 0. The molecule has 1 unspecified atom stereocenters. The Bertz CT molecular complexity index is 1040. The first-order valence-electron chi connectivity index (χ1n) is 25.1. The molecule has 342 valence electrons. The average Bonchev–Trinajstić information content (AvgIpc) is 3.23. The maximum Gasteiger partial charge on any atom is 0.306 e. The first-order chi connectivity index (χ1) is 29.0. The second-order valence-electron chi connectivity index (χ2n) is 16.7. The van der Waals surface area contributed by atoms with Crippen LogP contribution >= 0.6 is 0 Å². The van der Waals surface area contributed by atoms with Crippen LogP contribution in [-0.4, -0.2) is 37.2 Å². The molecule has 0 amide bonds. The number of esters is 3. The first kappa shape index (κ1) is 56.4. The molecule has 59 heavy (non-hydrogen) atoms. The summed E-state index contributed by atoms with van der Waals surface area (Å²) in [6.45, 7) is 6.50. The van der Waals surface area contributed by atoms with Crippen LogP contribution in [0.1, 0.15) is 252 Å². The van der Waals surface area contributed by atoms with Crippen molar-refractivity contribution < 1.29 is 28.6 Å². The van der Waals surface area contributed by atoms with Gasteiger partial charge in [-0.15, -0.1) is 0 Å². The van der Waals surface area contributed by atoms with Gasteiger partial charge in [0.15, 0.2) is 6.10 Å². The molecule has 0 saturated heterocycles. The maximum absolute atomic E-state index is 12.8. The van der Waals surface area contributed by atoms with E-state index in [1.54, 1.807) is 0 Å². The molecule has 0 aliphatic carbocycles. The highest BCUT2D eigenvalue weighted by molar-refractivity contribution is 5.71. The molecule has 0 aromatic carbocycles. The summed E-state index contributed by atoms with van der Waals surface area (Å²) >= 11 is 0. The molecule has 6 heteroatoms. The molecule has 0 bridgehead atoms. The van der Waals surface area contributed by atoms with E-state index in [0.717, 1.165) is 89.9 Å². The zero-order valence-corrected chi connectivity index (χ0v) is 39.0. The van der Waals surface area contributed by atoms with Gasteiger partial charge < -0.3 is 14.2 Å². The lowest BCUT2D eigenvalue weighted by Gasteiger charge is -2.18. The minimum Gasteiger partial charge on any atom is -0.462 e. The van der Waals surface area contributed by atoms with Gasteiger partial charge in [-0.1, -0.05) is 223 Å². The van der Waals surface area contributed by atoms with Crippen LogP contribution in [-0.2, 0) is 28.6 Å². The van der Waals surface area contributed by atoms with Crippen LogP contribution < -0.4 is 0 Å². The van der Waals surface area contributed by atoms with Gasteiger partial charge in [-0.3, -0.25) is 14.4 Å². The summed E-state index contributed by atoms with van der Waals surface area (Å²) < 4.78 is 16.8. The molecule has 0 aliphatic heterocycles. The summed E-state index contributed by atoms with van der Waals surface area (Å²) in [5.74, 6) is -0.905. The van der Waals surface area contributed by atoms with Crippen LogP contribution in [0.2, 0.25) is 0 Å². The van der Waals surface area contributed by atoms with E-state index in [4.69, 9.17) is 14.2 Å². The van der Waals surface area contributed by atoms with Crippen molar-refractivity contribution in [2.24, 2.45) is 0 Å². The number of allylic oxidation sites excluding steroid dienone is 8. The number of carbonyl (C=O) groups excluding carboxylic acids is 3. The summed E-state index contributed by atoms with van der Waals surface area (Å²) in [6.07, 6.45) is 56.6. The second kappa shape index (κ2) is 48.0. The zero-order valence-electron chi connectivity index (χ0n) is 39.0. The number of hydrogen-bond acceptors (Lipinski definition) is 6. The largest absolute Gasteiger partial charge is 0.462 e. The van der Waals surface area contributed by atoms with Gasteiger partial charge in [0.2, 0.25) is 0 Å². The first-order valence-corrected chi connectivity index (χ1v) is 25.1. The predicted octanol–water partition coefficient (Wildman–Crippen LogP) is 16.3. The molecule has 0 saturated carbocycles. The van der Waals surface area contributed by atoms with Gasteiger partial charge in [-0.2, -0.15) is 0 Å². The standard InChI is InChI=1S/C53H94O6/c1-4-7-10-13-16-19-22-24-26-27-29-31-34-37-40-43-46-52(55)58-49-50(48-57-51(54)45-42-39-36-33-30-21-18-15-12-9-6-3)59-53(56)47-44-41-38-35-32-28-25-23-20-17-14-11-8-5-2/h7,10,16,19,24,26,29,31,50H,4-6,8-9,11-15,17-18,20-23,25,27-28,30,32-49H2,1-3H3/b10-7-,19-16-,26-24-,31-29-. The van der Waals surface area contributed by atoms with Crippen molar-refractivity contribution in [3.8, 4) is 0 Å². The van der Waals surface area contributed by atoms with E-state index in [0.29, 0.717) is 19.3 Å². The molecule has 1 atom stereocenters. The van der Waals surface area contributed by atoms with Gasteiger partial charge in [-0.25, -0.2) is 0 Å². The van der Waals surface area contributed by atoms with Gasteiger partial charge in [0.05, 0.1) is 0 Å². The summed E-state index contributed by atoms with van der Waals surface area (Å²) in [6, 6.07) is 0. The Morgan fingerprint density at radius 2 is 0.661 bits per heavy atom. The molecule has 0 heterocycles. The monoisotopic (exact) mass is 827 g/mol. The topological polar surface area (TPSA) is 78.9 Å². The fourth-order valence-corrected chi connectivity index (χ4v) is 7.08. The SMILES string of the molecule is CC/C=C\C/C=C\C/C=C\C/C=C\CCCCCC(=O)OCC(COC(=O)CCCCCCCCCCCCC)OC(=O)CCCCCCCCCCCCCCCC. The Kier molecular flexibility index (Phi) is 45.9. The predicted molar refractivity (Wildman–Crippen MR) is 252 cm³/mol. The minimum atomic E-state index is -0.780. The van der Waals surface area contributed by atoms with E-state index in [-0.39, 0.29) is 31.1 Å². The summed E-state index contributed by atoms with van der Waals surface area (Å²) in [7, 11) is 0. The van der Waals surface area contributed by atoms with Gasteiger partial charge >= 0.3 is 17.9 Å². The smallest absolute Gasteiger partial charge is 0.306 e. The Balaban J connectivity index is 4.40. The van der Waals surface area contributed by atoms with Crippen molar-refractivity contribution in [2.75, 3.05) is 13.2 Å². The fraction of sp³-hybridized carbons (Fsp3) is 0.792. The third-order valence-corrected chi connectivity index (χ3v) is 10.8. The number of unbranched alkanes of at least 4 members (excludes halogenated alkanes) is 26. The van der Waals surface area contributed by atoms with Gasteiger partial charge in [0.1, 0.15) is 13.2 Å². The van der Waals surface area contributed by atoms with Gasteiger partial charge in [0.25, 0.3) is 0 Å². The highest BCUT2D eigenvalue weighted by Gasteiger charge is 2.19. The number of hydrogen-bond donors (Lipinski definition) is 0. The van der Waals surface area contributed by atoms with Crippen LogP contribution in [0.4, 0.5) is 0 Å². The number of carbonyl (C=O) groups is 3. The Morgan fingerprint density at radius 1 is 0.356 bits per heavy atom. The summed E-state index contributed by atoms with van der Waals surface area (Å²) in [4.78, 5) is 37.9. The molecule has 0 fully saturated rings. The van der Waals surface area contributed by atoms with Crippen LogP contribution in [0.5, 0.6) is 0 Å². The van der Waals surface area contributed by atoms with Gasteiger partial charge in [0, 0.05) is 19.3 Å². The molecule has 0 rings (SSSR count). The van der Waals surface area contributed by atoms with E-state index in [1.165, 1.54) is 122 Å². The average molecular weight is 827 g/mol. The van der Waals surface area contributed by atoms with Crippen LogP contribution in [0, 0.1) is 0 Å². The van der Waals surface area contributed by atoms with Crippen molar-refractivity contribution in [3.05, 3.63) is 48.6 Å². The highest BCUT2D eigenvalue weighted by Crippen LogP contribution is 2.15. The molecule has 6 nitrogen and oxygen atoms in total. The van der Waals surface area contributed by atoms with E-state index in [1.807, 2.05) is 0 Å². The van der Waals surface area contributed by atoms with Crippen molar-refractivity contribution in [3.63, 3.8) is 0 Å². The quantitative estimate of drug-likeness (QED) is 0.0263. The number of rotatable bonds is 45. The van der Waals surface area contributed by atoms with Crippen LogP contribution in [0.25, 0.3) is 0 Å². The molecule has 0 N–H and O–H groups in total. The lowest BCUT2D eigenvalue weighted by Crippen LogP contribution is -2.30. The molecule has 0 radical (unpaired) electrons. The van der Waals surface area contributed by atoms with E-state index >= 15 is 0 Å². The Labute approximate surface area is 365 Å². The Morgan fingerprint density at radius 3 is 1.03 bits per heavy atom. The molecule has 0 aromatic heterocycles. The lowest BCUT2D eigenvalue weighted by atomic mass is 10.0. The van der Waals surface area contributed by atoms with E-state index < -0.39 is 6.10 Å². The van der Waals surface area contributed by atoms with Crippen molar-refractivity contribution >= 4 is 17.9 Å². The zero-order chi connectivity index (χ0) is 43.0. The minimum absolute atomic E-state index is 0.0799. The lowest BCUT2D eigenvalue weighted by molar-refractivity contribution is -0.167. The molecule has 0 spiro atoms. The maximum atomic E-state index is 12.8. The van der Waals surface area contributed by atoms with Crippen molar-refractivity contribution in [1.29, 1.82) is 0 Å². The normalized spacial score (nSPS) is 12.4. The van der Waals surface area contributed by atoms with Crippen molar-refractivity contribution in [2.45, 2.75) is 258 Å². The highest BCUT2D eigenvalue weighted by atomic mass is 16.6. The van der Waals surface area contributed by atoms with E-state index in [9.17, 15) is 14.4 Å². The second-order valence-corrected chi connectivity index (χ2v) is 16.7. The summed E-state index contributed by atoms with van der Waals surface area (Å²) in [5, 5.41) is 0.